The van der Waals surface area contributed by atoms with Crippen molar-refractivity contribution >= 4 is 45.2 Å². The summed E-state index contributed by atoms with van der Waals surface area (Å²) in [6.07, 6.45) is -4.85. The molecule has 1 N–H and O–H groups in total. The molecule has 1 aromatic rings. The van der Waals surface area contributed by atoms with E-state index in [1.54, 1.807) is 45.2 Å². The Labute approximate surface area is 103 Å². The summed E-state index contributed by atoms with van der Waals surface area (Å²) in [5.41, 5.74) is -0.890. The zero-order valence-corrected chi connectivity index (χ0v) is 10.6. The highest BCUT2D eigenvalue weighted by molar-refractivity contribution is 14.1. The number of hydrogen-bond acceptors (Lipinski definition) is 2. The third kappa shape index (κ3) is 3.29. The first-order chi connectivity index (χ1) is 6.29. The topological polar surface area (TPSA) is 42.1 Å². The molecule has 78 valence electrons. The van der Waals surface area contributed by atoms with Crippen LogP contribution in [-0.2, 0) is 0 Å². The molecule has 0 saturated carbocycles. The Morgan fingerprint density at radius 1 is 1.36 bits per heavy atom. The SMILES string of the molecule is O=c1[nH]c(I)cc(I)c1OC(F)(F)F. The lowest BCUT2D eigenvalue weighted by molar-refractivity contribution is -0.275. The maximum atomic E-state index is 11.8. The molecule has 0 bridgehead atoms. The molecule has 3 nitrogen and oxygen atoms in total. The summed E-state index contributed by atoms with van der Waals surface area (Å²) in [6, 6.07) is 1.38. The second-order valence-electron chi connectivity index (χ2n) is 2.17. The maximum Gasteiger partial charge on any atom is 0.573 e. The molecule has 8 heteroatoms. The van der Waals surface area contributed by atoms with E-state index in [4.69, 9.17) is 0 Å². The number of alkyl halides is 3. The van der Waals surface area contributed by atoms with Gasteiger partial charge in [-0.1, -0.05) is 0 Å². The highest BCUT2D eigenvalue weighted by Crippen LogP contribution is 2.24. The molecule has 0 spiro atoms. The molecule has 0 aliphatic rings. The Hall–Kier alpha value is -0.000000000000000111. The summed E-state index contributed by atoms with van der Waals surface area (Å²) in [5.74, 6) is -0.724. The van der Waals surface area contributed by atoms with Crippen LogP contribution in [0.1, 0.15) is 0 Å². The van der Waals surface area contributed by atoms with E-state index in [0.717, 1.165) is 0 Å². The molecule has 0 aliphatic heterocycles. The van der Waals surface area contributed by atoms with E-state index in [-0.39, 0.29) is 3.57 Å². The molecule has 0 aliphatic carbocycles. The van der Waals surface area contributed by atoms with Crippen LogP contribution in [0.2, 0.25) is 0 Å². The van der Waals surface area contributed by atoms with E-state index in [1.807, 2.05) is 0 Å². The Kier molecular flexibility index (Phi) is 3.66. The number of aromatic nitrogens is 1. The largest absolute Gasteiger partial charge is 0.573 e. The molecule has 1 aromatic heterocycles. The molecular formula is C6H2F3I2NO2. The highest BCUT2D eigenvalue weighted by Gasteiger charge is 2.33. The number of aromatic amines is 1. The van der Waals surface area contributed by atoms with E-state index in [1.165, 1.54) is 6.07 Å². The lowest BCUT2D eigenvalue weighted by Crippen LogP contribution is -2.24. The molecule has 0 unspecified atom stereocenters. The van der Waals surface area contributed by atoms with Crippen LogP contribution in [0, 0.1) is 7.27 Å². The van der Waals surface area contributed by atoms with Crippen LogP contribution in [0.4, 0.5) is 13.2 Å². The third-order valence-electron chi connectivity index (χ3n) is 1.13. The number of pyridine rings is 1. The molecule has 0 amide bonds. The van der Waals surface area contributed by atoms with Gasteiger partial charge in [0.15, 0.2) is 0 Å². The first-order valence-corrected chi connectivity index (χ1v) is 5.29. The van der Waals surface area contributed by atoms with Crippen LogP contribution < -0.4 is 10.3 Å². The highest BCUT2D eigenvalue weighted by atomic mass is 127. The summed E-state index contributed by atoms with van der Waals surface area (Å²) >= 11 is 3.39. The van der Waals surface area contributed by atoms with Crippen LogP contribution in [0.25, 0.3) is 0 Å². The minimum atomic E-state index is -4.85. The number of halogens is 5. The number of ether oxygens (including phenoxy) is 1. The van der Waals surface area contributed by atoms with Crippen molar-refractivity contribution in [3.63, 3.8) is 0 Å². The summed E-state index contributed by atoms with van der Waals surface area (Å²) < 4.78 is 39.6. The van der Waals surface area contributed by atoms with Gasteiger partial charge < -0.3 is 9.72 Å². The van der Waals surface area contributed by atoms with Crippen molar-refractivity contribution < 1.29 is 17.9 Å². The zero-order valence-electron chi connectivity index (χ0n) is 6.28. The number of nitrogens with one attached hydrogen (secondary N) is 1. The minimum Gasteiger partial charge on any atom is -0.399 e. The van der Waals surface area contributed by atoms with Gasteiger partial charge in [0, 0.05) is 0 Å². The molecule has 1 rings (SSSR count). The van der Waals surface area contributed by atoms with Gasteiger partial charge in [0.05, 0.1) is 7.27 Å². The van der Waals surface area contributed by atoms with Gasteiger partial charge in [-0.05, 0) is 51.2 Å². The van der Waals surface area contributed by atoms with Crippen molar-refractivity contribution in [1.82, 2.24) is 4.98 Å². The van der Waals surface area contributed by atoms with E-state index >= 15 is 0 Å². The summed E-state index contributed by atoms with van der Waals surface area (Å²) in [6.45, 7) is 0. The lowest BCUT2D eigenvalue weighted by Gasteiger charge is -2.09. The van der Waals surface area contributed by atoms with Gasteiger partial charge in [-0.2, -0.15) is 0 Å². The number of hydrogen-bond donors (Lipinski definition) is 1. The van der Waals surface area contributed by atoms with Crippen LogP contribution in [-0.4, -0.2) is 11.3 Å². The van der Waals surface area contributed by atoms with E-state index in [9.17, 15) is 18.0 Å². The Balaban J connectivity index is 3.16. The van der Waals surface area contributed by atoms with Crippen molar-refractivity contribution in [1.29, 1.82) is 0 Å². The smallest absolute Gasteiger partial charge is 0.399 e. The summed E-state index contributed by atoms with van der Waals surface area (Å²) in [4.78, 5) is 13.3. The first-order valence-electron chi connectivity index (χ1n) is 3.13. The van der Waals surface area contributed by atoms with E-state index in [2.05, 4.69) is 9.72 Å². The molecular weight excluding hydrogens is 429 g/mol. The average molecular weight is 431 g/mol. The minimum absolute atomic E-state index is 0.119. The first kappa shape index (κ1) is 12.1. The second kappa shape index (κ2) is 4.24. The van der Waals surface area contributed by atoms with Crippen LogP contribution in [0.15, 0.2) is 10.9 Å². The molecule has 0 radical (unpaired) electrons. The van der Waals surface area contributed by atoms with Gasteiger partial charge in [0.2, 0.25) is 5.75 Å². The fourth-order valence-corrected chi connectivity index (χ4v) is 2.52. The monoisotopic (exact) mass is 431 g/mol. The van der Waals surface area contributed by atoms with Crippen LogP contribution in [0.3, 0.4) is 0 Å². The molecule has 0 aromatic carbocycles. The third-order valence-corrected chi connectivity index (χ3v) is 2.51. The Morgan fingerprint density at radius 3 is 2.36 bits per heavy atom. The van der Waals surface area contributed by atoms with Gasteiger partial charge >= 0.3 is 6.36 Å². The quantitative estimate of drug-likeness (QED) is 0.549. The molecule has 14 heavy (non-hydrogen) atoms. The van der Waals surface area contributed by atoms with Crippen LogP contribution >= 0.6 is 45.2 Å². The van der Waals surface area contributed by atoms with Crippen molar-refractivity contribution in [3.8, 4) is 5.75 Å². The van der Waals surface area contributed by atoms with E-state index < -0.39 is 17.7 Å². The summed E-state index contributed by atoms with van der Waals surface area (Å²) in [7, 11) is 0. The van der Waals surface area contributed by atoms with Gasteiger partial charge in [-0.3, -0.25) is 4.79 Å². The van der Waals surface area contributed by atoms with Gasteiger partial charge in [-0.25, -0.2) is 0 Å². The summed E-state index contributed by atoms with van der Waals surface area (Å²) in [5, 5.41) is 0. The normalized spacial score (nSPS) is 11.5. The van der Waals surface area contributed by atoms with Crippen molar-refractivity contribution in [3.05, 3.63) is 23.7 Å². The fourth-order valence-electron chi connectivity index (χ4n) is 0.697. The fraction of sp³-hybridized carbons (Fsp3) is 0.167. The number of H-pyrrole nitrogens is 1. The molecule has 0 atom stereocenters. The van der Waals surface area contributed by atoms with Gasteiger partial charge in [0.25, 0.3) is 5.56 Å². The molecule has 0 saturated heterocycles. The Bertz CT molecular complexity index is 401. The van der Waals surface area contributed by atoms with Gasteiger partial charge in [0.1, 0.15) is 0 Å². The van der Waals surface area contributed by atoms with Crippen molar-refractivity contribution in [2.75, 3.05) is 0 Å². The Morgan fingerprint density at radius 2 is 1.93 bits per heavy atom. The lowest BCUT2D eigenvalue weighted by atomic mass is 10.4. The molecule has 1 heterocycles. The predicted molar refractivity (Wildman–Crippen MR) is 59.2 cm³/mol. The average Bonchev–Trinajstić information content (AvgIpc) is 1.95. The van der Waals surface area contributed by atoms with E-state index in [0.29, 0.717) is 3.70 Å². The maximum absolute atomic E-state index is 11.8. The number of rotatable bonds is 1. The zero-order chi connectivity index (χ0) is 10.9. The predicted octanol–water partition coefficient (Wildman–Crippen LogP) is 2.48. The van der Waals surface area contributed by atoms with Gasteiger partial charge in [-0.15, -0.1) is 13.2 Å². The van der Waals surface area contributed by atoms with Crippen LogP contribution in [0.5, 0.6) is 5.75 Å². The van der Waals surface area contributed by atoms with Crippen molar-refractivity contribution in [2.45, 2.75) is 6.36 Å². The molecule has 0 fully saturated rings. The van der Waals surface area contributed by atoms with Crippen molar-refractivity contribution in [2.24, 2.45) is 0 Å². The standard InChI is InChI=1S/C6H2F3I2NO2/c7-6(8,9)14-4-2(10)1-3(11)12-5(4)13/h1H,(H,12,13). The second-order valence-corrected chi connectivity index (χ2v) is 4.50.